The van der Waals surface area contributed by atoms with E-state index < -0.39 is 10.0 Å². The summed E-state index contributed by atoms with van der Waals surface area (Å²) in [6.45, 7) is 8.38. The van der Waals surface area contributed by atoms with Crippen molar-refractivity contribution in [1.29, 1.82) is 0 Å². The fourth-order valence-electron chi connectivity index (χ4n) is 2.19. The summed E-state index contributed by atoms with van der Waals surface area (Å²) in [6, 6.07) is 4.48. The van der Waals surface area contributed by atoms with Gasteiger partial charge in [0.2, 0.25) is 15.9 Å². The first kappa shape index (κ1) is 20.9. The predicted octanol–water partition coefficient (Wildman–Crippen LogP) is 3.19. The average Bonchev–Trinajstić information content (AvgIpc) is 2.57. The van der Waals surface area contributed by atoms with Crippen LogP contribution in [0.5, 0.6) is 5.75 Å². The molecule has 0 radical (unpaired) electrons. The van der Waals surface area contributed by atoms with Crippen LogP contribution in [0.3, 0.4) is 0 Å². The lowest BCUT2D eigenvalue weighted by Gasteiger charge is -2.19. The van der Waals surface area contributed by atoms with Gasteiger partial charge < -0.3 is 10.1 Å². The number of sulfonamides is 1. The van der Waals surface area contributed by atoms with E-state index in [0.29, 0.717) is 31.1 Å². The Balaban J connectivity index is 3.23. The third-order valence-corrected chi connectivity index (χ3v) is 5.45. The van der Waals surface area contributed by atoms with Gasteiger partial charge >= 0.3 is 0 Å². The van der Waals surface area contributed by atoms with Crippen molar-refractivity contribution < 1.29 is 17.9 Å². The van der Waals surface area contributed by atoms with Gasteiger partial charge in [-0.25, -0.2) is 8.42 Å². The molecule has 138 valence electrons. The van der Waals surface area contributed by atoms with Crippen molar-refractivity contribution >= 4 is 21.6 Å². The first-order valence-corrected chi connectivity index (χ1v) is 9.71. The smallest absolute Gasteiger partial charge is 0.248 e. The van der Waals surface area contributed by atoms with E-state index in [4.69, 9.17) is 4.74 Å². The quantitative estimate of drug-likeness (QED) is 0.538. The highest BCUT2D eigenvalue weighted by atomic mass is 32.2. The molecular formula is C18H26N2O4S. The summed E-state index contributed by atoms with van der Waals surface area (Å²) in [7, 11) is -3.61. The highest BCUT2D eigenvalue weighted by molar-refractivity contribution is 7.89. The maximum Gasteiger partial charge on any atom is 0.248 e. The summed E-state index contributed by atoms with van der Waals surface area (Å²) in [5, 5.41) is 2.67. The minimum atomic E-state index is -3.61. The number of carbonyl (C=O) groups excluding carboxylic acids is 1. The number of rotatable bonds is 9. The van der Waals surface area contributed by atoms with E-state index in [1.807, 2.05) is 13.8 Å². The maximum absolute atomic E-state index is 12.7. The number of amides is 1. The second kappa shape index (κ2) is 10.0. The van der Waals surface area contributed by atoms with Crippen LogP contribution in [-0.2, 0) is 14.8 Å². The van der Waals surface area contributed by atoms with Gasteiger partial charge in [0.15, 0.2) is 0 Å². The van der Waals surface area contributed by atoms with Crippen molar-refractivity contribution in [2.24, 2.45) is 0 Å². The highest BCUT2D eigenvalue weighted by Crippen LogP contribution is 2.29. The van der Waals surface area contributed by atoms with Crippen molar-refractivity contribution in [3.05, 3.63) is 42.5 Å². The summed E-state index contributed by atoms with van der Waals surface area (Å²) in [4.78, 5) is 12.1. The molecule has 0 bridgehead atoms. The largest absolute Gasteiger partial charge is 0.492 e. The molecule has 1 aromatic carbocycles. The molecule has 1 aromatic rings. The van der Waals surface area contributed by atoms with Crippen LogP contribution in [0.2, 0.25) is 0 Å². The topological polar surface area (TPSA) is 75.7 Å². The van der Waals surface area contributed by atoms with E-state index >= 15 is 0 Å². The van der Waals surface area contributed by atoms with Gasteiger partial charge in [-0.3, -0.25) is 4.79 Å². The Bertz CT molecular complexity index is 735. The van der Waals surface area contributed by atoms with E-state index in [9.17, 15) is 13.2 Å². The van der Waals surface area contributed by atoms with Crippen LogP contribution in [0.25, 0.3) is 0 Å². The summed E-state index contributed by atoms with van der Waals surface area (Å²) < 4.78 is 32.2. The molecule has 0 saturated carbocycles. The molecule has 0 heterocycles. The summed E-state index contributed by atoms with van der Waals surface area (Å²) in [6.07, 6.45) is 6.49. The number of nitrogens with zero attached hydrogens (tertiary/aromatic N) is 1. The van der Waals surface area contributed by atoms with Crippen molar-refractivity contribution in [3.8, 4) is 5.75 Å². The average molecular weight is 366 g/mol. The fraction of sp³-hybridized carbons (Fsp3) is 0.389. The Labute approximate surface area is 150 Å². The molecule has 0 saturated heterocycles. The van der Waals surface area contributed by atoms with Gasteiger partial charge in [0.1, 0.15) is 5.75 Å². The SMILES string of the molecule is C/C=C/C=C/C(=O)Nc1cc(S(=O)(=O)N(CC)CC)ccc1OCC. The highest BCUT2D eigenvalue weighted by Gasteiger charge is 2.23. The molecule has 0 fully saturated rings. The van der Waals surface area contributed by atoms with Crippen LogP contribution < -0.4 is 10.1 Å². The number of nitrogens with one attached hydrogen (secondary N) is 1. The van der Waals surface area contributed by atoms with Gasteiger partial charge in [0, 0.05) is 19.2 Å². The van der Waals surface area contributed by atoms with Gasteiger partial charge in [-0.15, -0.1) is 0 Å². The van der Waals surface area contributed by atoms with Gasteiger partial charge in [0.25, 0.3) is 0 Å². The molecule has 6 nitrogen and oxygen atoms in total. The van der Waals surface area contributed by atoms with Gasteiger partial charge in [-0.1, -0.05) is 32.1 Å². The van der Waals surface area contributed by atoms with Crippen LogP contribution in [0.1, 0.15) is 27.7 Å². The molecule has 0 unspecified atom stereocenters. The van der Waals surface area contributed by atoms with Crippen molar-refractivity contribution in [2.75, 3.05) is 25.0 Å². The first-order chi connectivity index (χ1) is 11.9. The number of anilines is 1. The van der Waals surface area contributed by atoms with Crippen molar-refractivity contribution in [2.45, 2.75) is 32.6 Å². The number of ether oxygens (including phenoxy) is 1. The van der Waals surface area contributed by atoms with Crippen LogP contribution >= 0.6 is 0 Å². The Morgan fingerprint density at radius 3 is 2.44 bits per heavy atom. The van der Waals surface area contributed by atoms with E-state index in [2.05, 4.69) is 5.32 Å². The Morgan fingerprint density at radius 2 is 1.88 bits per heavy atom. The molecule has 0 aliphatic heterocycles. The van der Waals surface area contributed by atoms with Gasteiger partial charge in [0.05, 0.1) is 17.2 Å². The summed E-state index contributed by atoms with van der Waals surface area (Å²) in [5.41, 5.74) is 0.324. The van der Waals surface area contributed by atoms with Crippen molar-refractivity contribution in [1.82, 2.24) is 4.31 Å². The minimum absolute atomic E-state index is 0.118. The minimum Gasteiger partial charge on any atom is -0.492 e. The second-order valence-corrected chi connectivity index (χ2v) is 6.99. The normalized spacial score (nSPS) is 12.2. The Morgan fingerprint density at radius 1 is 1.20 bits per heavy atom. The lowest BCUT2D eigenvalue weighted by Crippen LogP contribution is -2.30. The predicted molar refractivity (Wildman–Crippen MR) is 100 cm³/mol. The molecule has 1 rings (SSSR count). The molecule has 1 amide bonds. The van der Waals surface area contributed by atoms with E-state index in [1.165, 1.54) is 22.5 Å². The first-order valence-electron chi connectivity index (χ1n) is 8.27. The molecule has 0 aliphatic rings. The molecule has 0 aliphatic carbocycles. The van der Waals surface area contributed by atoms with E-state index in [1.54, 1.807) is 38.1 Å². The number of hydrogen-bond donors (Lipinski definition) is 1. The standard InChI is InChI=1S/C18H26N2O4S/c1-5-9-10-11-18(21)19-16-14-15(12-13-17(16)24-8-4)25(22,23)20(6-2)7-3/h5,9-14H,6-8H2,1-4H3,(H,19,21)/b9-5+,11-10+. The Kier molecular flexibility index (Phi) is 8.37. The molecular weight excluding hydrogens is 340 g/mol. The lowest BCUT2D eigenvalue weighted by atomic mass is 10.3. The van der Waals surface area contributed by atoms with Crippen LogP contribution in [0.4, 0.5) is 5.69 Å². The fourth-order valence-corrected chi connectivity index (χ4v) is 3.67. The number of benzene rings is 1. The maximum atomic E-state index is 12.7. The van der Waals surface area contributed by atoms with Crippen molar-refractivity contribution in [3.63, 3.8) is 0 Å². The third-order valence-electron chi connectivity index (χ3n) is 3.40. The Hall–Kier alpha value is -2.12. The van der Waals surface area contributed by atoms with Crippen LogP contribution in [0.15, 0.2) is 47.4 Å². The second-order valence-electron chi connectivity index (χ2n) is 5.05. The molecule has 0 spiro atoms. The lowest BCUT2D eigenvalue weighted by molar-refractivity contribution is -0.111. The number of allylic oxidation sites excluding steroid dienone is 3. The zero-order valence-corrected chi connectivity index (χ0v) is 16.0. The molecule has 0 atom stereocenters. The zero-order valence-electron chi connectivity index (χ0n) is 15.2. The summed E-state index contributed by atoms with van der Waals surface area (Å²) >= 11 is 0. The van der Waals surface area contributed by atoms with E-state index in [0.717, 1.165) is 0 Å². The molecule has 1 N–H and O–H groups in total. The van der Waals surface area contributed by atoms with Gasteiger partial charge in [-0.05, 0) is 32.0 Å². The van der Waals surface area contributed by atoms with E-state index in [-0.39, 0.29) is 10.8 Å². The molecule has 0 aromatic heterocycles. The zero-order chi connectivity index (χ0) is 18.9. The number of hydrogen-bond acceptors (Lipinski definition) is 4. The third kappa shape index (κ3) is 5.72. The van der Waals surface area contributed by atoms with Crippen LogP contribution in [-0.4, -0.2) is 38.3 Å². The molecule has 25 heavy (non-hydrogen) atoms. The summed E-state index contributed by atoms with van der Waals surface area (Å²) in [5.74, 6) is 0.0604. The van der Waals surface area contributed by atoms with Gasteiger partial charge in [-0.2, -0.15) is 4.31 Å². The van der Waals surface area contributed by atoms with Crippen LogP contribution in [0, 0.1) is 0 Å². The molecule has 7 heteroatoms. The monoisotopic (exact) mass is 366 g/mol. The number of carbonyl (C=O) groups is 1.